The lowest BCUT2D eigenvalue weighted by atomic mass is 9.87. The number of H-pyrrole nitrogens is 1. The zero-order valence-electron chi connectivity index (χ0n) is 17.4. The zero-order chi connectivity index (χ0) is 22.1. The third kappa shape index (κ3) is 4.41. The molecular weight excluding hydrogens is 442 g/mol. The van der Waals surface area contributed by atoms with Gasteiger partial charge in [0.1, 0.15) is 0 Å². The smallest absolute Gasteiger partial charge is 0.179 e. The summed E-state index contributed by atoms with van der Waals surface area (Å²) in [5.74, 6) is -0.0150. The first-order chi connectivity index (χ1) is 15.6. The maximum absolute atomic E-state index is 10.2. The van der Waals surface area contributed by atoms with Gasteiger partial charge in [-0.1, -0.05) is 78.0 Å². The van der Waals surface area contributed by atoms with Crippen LogP contribution in [0.1, 0.15) is 19.3 Å². The van der Waals surface area contributed by atoms with Crippen molar-refractivity contribution in [1.82, 2.24) is 15.0 Å². The number of hydrogen-bond donors (Lipinski definition) is 3. The number of aromatic amines is 1. The third-order valence-corrected chi connectivity index (χ3v) is 7.56. The summed E-state index contributed by atoms with van der Waals surface area (Å²) in [7, 11) is 0. The molecule has 5 nitrogen and oxygen atoms in total. The average molecular weight is 466 g/mol. The highest BCUT2D eigenvalue weighted by molar-refractivity contribution is 7.99. The van der Waals surface area contributed by atoms with E-state index in [0.717, 1.165) is 34.6 Å². The molecular formula is C25H24ClN3O2S. The molecule has 1 saturated carbocycles. The van der Waals surface area contributed by atoms with Crippen molar-refractivity contribution in [3.05, 3.63) is 65.7 Å². The summed E-state index contributed by atoms with van der Waals surface area (Å²) in [6.45, 7) is 0.0424. The highest BCUT2D eigenvalue weighted by Crippen LogP contribution is 2.36. The van der Waals surface area contributed by atoms with Gasteiger partial charge in [-0.15, -0.1) is 0 Å². The number of benzene rings is 2. The summed E-state index contributed by atoms with van der Waals surface area (Å²) in [4.78, 5) is 12.7. The van der Waals surface area contributed by atoms with E-state index in [1.54, 1.807) is 11.8 Å². The Labute approximate surface area is 195 Å². The van der Waals surface area contributed by atoms with Crippen molar-refractivity contribution >= 4 is 34.5 Å². The van der Waals surface area contributed by atoms with E-state index in [4.69, 9.17) is 16.6 Å². The number of rotatable bonds is 5. The normalized spacial score (nSPS) is 21.2. The predicted octanol–water partition coefficient (Wildman–Crippen LogP) is 5.56. The molecule has 4 aromatic rings. The quantitative estimate of drug-likeness (QED) is 0.359. The predicted molar refractivity (Wildman–Crippen MR) is 130 cm³/mol. The number of imidazole rings is 1. The molecule has 32 heavy (non-hydrogen) atoms. The van der Waals surface area contributed by atoms with Crippen LogP contribution < -0.4 is 0 Å². The Bertz CT molecular complexity index is 1210. The molecule has 5 rings (SSSR count). The lowest BCUT2D eigenvalue weighted by molar-refractivity contribution is 0.0381. The number of nitrogens with zero attached hydrogens (tertiary/aromatic N) is 2. The molecule has 0 bridgehead atoms. The summed E-state index contributed by atoms with van der Waals surface area (Å²) < 4.78 is 0. The highest BCUT2D eigenvalue weighted by Gasteiger charge is 2.29. The van der Waals surface area contributed by atoms with Gasteiger partial charge in [0.2, 0.25) is 0 Å². The van der Waals surface area contributed by atoms with Crippen LogP contribution in [0.15, 0.2) is 65.8 Å². The lowest BCUT2D eigenvalue weighted by Crippen LogP contribution is -2.32. The largest absolute Gasteiger partial charge is 0.396 e. The summed E-state index contributed by atoms with van der Waals surface area (Å²) in [6.07, 6.45) is 1.95. The Balaban J connectivity index is 1.37. The Morgan fingerprint density at radius 3 is 2.41 bits per heavy atom. The van der Waals surface area contributed by atoms with E-state index in [0.29, 0.717) is 22.8 Å². The second-order valence-corrected chi connectivity index (χ2v) is 9.93. The fraction of sp³-hybridized carbons (Fsp3) is 0.280. The Hall–Kier alpha value is -2.38. The van der Waals surface area contributed by atoms with Crippen molar-refractivity contribution in [2.75, 3.05) is 6.61 Å². The van der Waals surface area contributed by atoms with Gasteiger partial charge in [-0.3, -0.25) is 0 Å². The van der Waals surface area contributed by atoms with E-state index < -0.39 is 6.10 Å². The minimum atomic E-state index is -0.464. The molecule has 3 N–H and O–H groups in total. The van der Waals surface area contributed by atoms with Crippen LogP contribution in [0, 0.1) is 5.92 Å². The van der Waals surface area contributed by atoms with Gasteiger partial charge in [0.25, 0.3) is 0 Å². The molecule has 1 aliphatic carbocycles. The van der Waals surface area contributed by atoms with Crippen molar-refractivity contribution in [2.45, 2.75) is 35.8 Å². The van der Waals surface area contributed by atoms with E-state index >= 15 is 0 Å². The van der Waals surface area contributed by atoms with Crippen LogP contribution >= 0.6 is 23.4 Å². The van der Waals surface area contributed by atoms with Crippen LogP contribution in [0.25, 0.3) is 33.5 Å². The maximum atomic E-state index is 10.2. The number of fused-ring (bicyclic) bond motifs is 1. The van der Waals surface area contributed by atoms with Crippen molar-refractivity contribution < 1.29 is 10.2 Å². The molecule has 1 fully saturated rings. The van der Waals surface area contributed by atoms with Crippen molar-refractivity contribution in [1.29, 1.82) is 0 Å². The van der Waals surface area contributed by atoms with Crippen LogP contribution in [0.2, 0.25) is 5.02 Å². The topological polar surface area (TPSA) is 82.0 Å². The molecule has 2 aromatic heterocycles. The van der Waals surface area contributed by atoms with Crippen LogP contribution in [0.5, 0.6) is 0 Å². The molecule has 0 amide bonds. The molecule has 0 unspecified atom stereocenters. The Kier molecular flexibility index (Phi) is 6.20. The first-order valence-corrected chi connectivity index (χ1v) is 12.0. The fourth-order valence-electron chi connectivity index (χ4n) is 4.25. The second kappa shape index (κ2) is 9.24. The molecule has 0 spiro atoms. The van der Waals surface area contributed by atoms with Crippen LogP contribution in [0.4, 0.5) is 0 Å². The first-order valence-electron chi connectivity index (χ1n) is 10.8. The summed E-state index contributed by atoms with van der Waals surface area (Å²) in [5, 5.41) is 21.2. The second-order valence-electron chi connectivity index (χ2n) is 8.24. The molecule has 2 aromatic carbocycles. The number of halogens is 1. The van der Waals surface area contributed by atoms with Crippen molar-refractivity contribution in [3.8, 4) is 22.4 Å². The van der Waals surface area contributed by atoms with E-state index in [1.807, 2.05) is 36.4 Å². The van der Waals surface area contributed by atoms with Gasteiger partial charge in [-0.2, -0.15) is 0 Å². The number of nitrogens with one attached hydrogen (secondary N) is 1. The standard InChI is InChI=1S/C25H24ClN3O2S/c26-20-13-21-24(29-25(27-21)32-19-11-10-18(14-30)22(31)12-19)28-23(20)17-8-6-16(7-9-17)15-4-2-1-3-5-15/h1-9,13,18-19,22,30-31H,10-12,14H2,(H,27,28,29)/t18-,19+,22+/m1/s1. The number of pyridine rings is 1. The molecule has 0 saturated heterocycles. The molecule has 0 radical (unpaired) electrons. The zero-order valence-corrected chi connectivity index (χ0v) is 19.0. The van der Waals surface area contributed by atoms with E-state index in [2.05, 4.69) is 34.2 Å². The lowest BCUT2D eigenvalue weighted by Gasteiger charge is -2.31. The average Bonchev–Trinajstić information content (AvgIpc) is 3.20. The van der Waals surface area contributed by atoms with Crippen LogP contribution in [-0.4, -0.2) is 43.1 Å². The third-order valence-electron chi connectivity index (χ3n) is 6.09. The van der Waals surface area contributed by atoms with E-state index in [9.17, 15) is 10.2 Å². The van der Waals surface area contributed by atoms with E-state index in [1.165, 1.54) is 5.56 Å². The molecule has 2 heterocycles. The van der Waals surface area contributed by atoms with Gasteiger partial charge < -0.3 is 15.2 Å². The maximum Gasteiger partial charge on any atom is 0.179 e. The highest BCUT2D eigenvalue weighted by atomic mass is 35.5. The minimum absolute atomic E-state index is 0.0150. The van der Waals surface area contributed by atoms with Gasteiger partial charge in [0.05, 0.1) is 22.3 Å². The minimum Gasteiger partial charge on any atom is -0.396 e. The Morgan fingerprint density at radius 1 is 0.969 bits per heavy atom. The first kappa shape index (κ1) is 21.5. The number of aliphatic hydroxyl groups excluding tert-OH is 2. The summed E-state index contributed by atoms with van der Waals surface area (Å²) in [5.41, 5.74) is 5.39. The van der Waals surface area contributed by atoms with E-state index in [-0.39, 0.29) is 17.8 Å². The van der Waals surface area contributed by atoms with Gasteiger partial charge in [0.15, 0.2) is 10.8 Å². The van der Waals surface area contributed by atoms with Gasteiger partial charge in [-0.05, 0) is 36.5 Å². The SMILES string of the molecule is OC[C@H]1CC[C@H](Sc2nc3nc(-c4ccc(-c5ccccc5)cc4)c(Cl)cc3[nH]2)C[C@@H]1O. The fourth-order valence-corrected chi connectivity index (χ4v) is 5.69. The molecule has 3 atom stereocenters. The monoisotopic (exact) mass is 465 g/mol. The molecule has 164 valence electrons. The molecule has 0 aliphatic heterocycles. The van der Waals surface area contributed by atoms with Gasteiger partial charge >= 0.3 is 0 Å². The van der Waals surface area contributed by atoms with Crippen LogP contribution in [-0.2, 0) is 0 Å². The van der Waals surface area contributed by atoms with Gasteiger partial charge in [0, 0.05) is 23.3 Å². The molecule has 7 heteroatoms. The van der Waals surface area contributed by atoms with Crippen molar-refractivity contribution in [2.24, 2.45) is 5.92 Å². The number of aliphatic hydroxyl groups is 2. The Morgan fingerprint density at radius 2 is 1.69 bits per heavy atom. The summed E-state index contributed by atoms with van der Waals surface area (Å²) >= 11 is 8.20. The number of thioether (sulfide) groups is 1. The van der Waals surface area contributed by atoms with Crippen molar-refractivity contribution in [3.63, 3.8) is 0 Å². The summed E-state index contributed by atoms with van der Waals surface area (Å²) in [6, 6.07) is 20.3. The molecule has 1 aliphatic rings. The van der Waals surface area contributed by atoms with Gasteiger partial charge in [-0.25, -0.2) is 9.97 Å². The number of aromatic nitrogens is 3. The number of hydrogen-bond acceptors (Lipinski definition) is 5. The van der Waals surface area contributed by atoms with Crippen LogP contribution in [0.3, 0.4) is 0 Å².